The Bertz CT molecular complexity index is 1880. The van der Waals surface area contributed by atoms with Gasteiger partial charge in [-0.3, -0.25) is 10.1 Å². The molecule has 0 fully saturated rings. The highest BCUT2D eigenvalue weighted by Gasteiger charge is 2.17. The van der Waals surface area contributed by atoms with Crippen LogP contribution < -0.4 is 9.47 Å². The maximum Gasteiger partial charge on any atom is 0.155 e. The monoisotopic (exact) mass is 580 g/mol. The molecule has 5 aromatic heterocycles. The number of nitrogens with one attached hydrogen (secondary N) is 2. The van der Waals surface area contributed by atoms with Crippen LogP contribution in [-0.2, 0) is 0 Å². The maximum absolute atomic E-state index is 14.6. The fraction of sp³-hybridized carbons (Fsp3) is 0.250. The smallest absolute Gasteiger partial charge is 0.155 e. The predicted molar refractivity (Wildman–Crippen MR) is 166 cm³/mol. The molecular weight excluding hydrogens is 547 g/mol. The Labute approximate surface area is 248 Å². The van der Waals surface area contributed by atoms with Crippen molar-refractivity contribution < 1.29 is 13.9 Å². The van der Waals surface area contributed by atoms with Crippen molar-refractivity contribution in [3.63, 3.8) is 0 Å². The molecule has 0 aliphatic carbocycles. The number of likely N-dealkylation sites (N-methyl/N-ethyl adjacent to an activating group) is 2. The summed E-state index contributed by atoms with van der Waals surface area (Å²) in [7, 11) is 7.95. The molecule has 0 saturated carbocycles. The van der Waals surface area contributed by atoms with Gasteiger partial charge in [-0.2, -0.15) is 5.10 Å². The molecule has 11 heteroatoms. The highest BCUT2D eigenvalue weighted by Crippen LogP contribution is 2.35. The highest BCUT2D eigenvalue weighted by atomic mass is 19.1. The van der Waals surface area contributed by atoms with Crippen molar-refractivity contribution in [2.75, 3.05) is 54.5 Å². The zero-order valence-electron chi connectivity index (χ0n) is 24.6. The average molecular weight is 581 g/mol. The van der Waals surface area contributed by atoms with Crippen molar-refractivity contribution >= 4 is 22.1 Å². The summed E-state index contributed by atoms with van der Waals surface area (Å²) in [6.45, 7) is 2.56. The van der Waals surface area contributed by atoms with Crippen LogP contribution in [0.2, 0.25) is 0 Å². The van der Waals surface area contributed by atoms with E-state index in [1.54, 1.807) is 24.8 Å². The fourth-order valence-corrected chi connectivity index (χ4v) is 4.82. The van der Waals surface area contributed by atoms with Crippen LogP contribution in [0.25, 0.3) is 55.7 Å². The number of ether oxygens (including phenoxy) is 2. The number of halogens is 1. The number of pyridine rings is 3. The summed E-state index contributed by atoms with van der Waals surface area (Å²) in [4.78, 5) is 21.0. The Morgan fingerprint density at radius 1 is 0.744 bits per heavy atom. The molecule has 220 valence electrons. The zero-order valence-corrected chi connectivity index (χ0v) is 24.6. The summed E-state index contributed by atoms with van der Waals surface area (Å²) >= 11 is 0. The van der Waals surface area contributed by atoms with Crippen LogP contribution in [-0.4, -0.2) is 94.4 Å². The second kappa shape index (κ2) is 12.2. The van der Waals surface area contributed by atoms with Crippen LogP contribution in [0.4, 0.5) is 4.39 Å². The van der Waals surface area contributed by atoms with Crippen molar-refractivity contribution in [1.29, 1.82) is 0 Å². The van der Waals surface area contributed by atoms with Crippen molar-refractivity contribution in [1.82, 2.24) is 39.9 Å². The molecule has 0 amide bonds. The Morgan fingerprint density at radius 3 is 2.28 bits per heavy atom. The molecular formula is C32H33FN8O2. The number of aromatic amines is 2. The minimum absolute atomic E-state index is 0.364. The second-order valence-electron chi connectivity index (χ2n) is 10.9. The molecule has 0 saturated heterocycles. The van der Waals surface area contributed by atoms with E-state index in [1.807, 2.05) is 63.4 Å². The van der Waals surface area contributed by atoms with Gasteiger partial charge in [0.1, 0.15) is 41.9 Å². The van der Waals surface area contributed by atoms with Crippen molar-refractivity contribution in [3.05, 3.63) is 73.1 Å². The van der Waals surface area contributed by atoms with E-state index in [0.717, 1.165) is 46.2 Å². The number of rotatable bonds is 11. The van der Waals surface area contributed by atoms with E-state index in [4.69, 9.17) is 9.47 Å². The third-order valence-electron chi connectivity index (χ3n) is 7.05. The number of nitrogens with zero attached hydrogens (tertiary/aromatic N) is 6. The Hall–Kier alpha value is -4.87. The average Bonchev–Trinajstić information content (AvgIpc) is 3.60. The molecule has 10 nitrogen and oxygen atoms in total. The third-order valence-corrected chi connectivity index (χ3v) is 7.05. The molecule has 0 atom stereocenters. The topological polar surface area (TPSA) is 108 Å². The van der Waals surface area contributed by atoms with Gasteiger partial charge in [-0.05, 0) is 75.7 Å². The van der Waals surface area contributed by atoms with Gasteiger partial charge in [0.15, 0.2) is 5.65 Å². The number of benzene rings is 1. The second-order valence-corrected chi connectivity index (χ2v) is 10.9. The van der Waals surface area contributed by atoms with Gasteiger partial charge < -0.3 is 24.3 Å². The quantitative estimate of drug-likeness (QED) is 0.214. The van der Waals surface area contributed by atoms with Crippen LogP contribution in [0.3, 0.4) is 0 Å². The van der Waals surface area contributed by atoms with Crippen molar-refractivity contribution in [3.8, 4) is 45.1 Å². The summed E-state index contributed by atoms with van der Waals surface area (Å²) in [5, 5.41) is 9.29. The maximum atomic E-state index is 14.6. The molecule has 43 heavy (non-hydrogen) atoms. The lowest BCUT2D eigenvalue weighted by molar-refractivity contribution is 0.260. The van der Waals surface area contributed by atoms with E-state index in [9.17, 15) is 4.39 Å². The Morgan fingerprint density at radius 2 is 1.49 bits per heavy atom. The van der Waals surface area contributed by atoms with Gasteiger partial charge >= 0.3 is 0 Å². The first-order valence-corrected chi connectivity index (χ1v) is 14.0. The molecule has 0 spiro atoms. The van der Waals surface area contributed by atoms with Crippen LogP contribution in [0.1, 0.15) is 0 Å². The molecule has 2 N–H and O–H groups in total. The molecule has 0 aliphatic rings. The number of hydrogen-bond donors (Lipinski definition) is 2. The van der Waals surface area contributed by atoms with E-state index in [0.29, 0.717) is 47.3 Å². The van der Waals surface area contributed by atoms with E-state index >= 15 is 0 Å². The molecule has 6 aromatic rings. The van der Waals surface area contributed by atoms with E-state index in [-0.39, 0.29) is 5.82 Å². The molecule has 5 heterocycles. The fourth-order valence-electron chi connectivity index (χ4n) is 4.82. The Balaban J connectivity index is 1.33. The van der Waals surface area contributed by atoms with Gasteiger partial charge in [0, 0.05) is 59.6 Å². The minimum Gasteiger partial charge on any atom is -0.492 e. The van der Waals surface area contributed by atoms with Crippen LogP contribution >= 0.6 is 0 Å². The largest absolute Gasteiger partial charge is 0.492 e. The summed E-state index contributed by atoms with van der Waals surface area (Å²) in [6.07, 6.45) is 7.00. The highest BCUT2D eigenvalue weighted by molar-refractivity contribution is 5.99. The molecule has 1 aromatic carbocycles. The summed E-state index contributed by atoms with van der Waals surface area (Å²) in [5.41, 5.74) is 6.09. The van der Waals surface area contributed by atoms with E-state index in [2.05, 4.69) is 35.0 Å². The predicted octanol–water partition coefficient (Wildman–Crippen LogP) is 5.25. The molecule has 0 bridgehead atoms. The van der Waals surface area contributed by atoms with E-state index in [1.165, 1.54) is 12.1 Å². The number of fused-ring (bicyclic) bond motifs is 2. The third kappa shape index (κ3) is 6.32. The van der Waals surface area contributed by atoms with Crippen LogP contribution in [0.5, 0.6) is 11.5 Å². The minimum atomic E-state index is -0.364. The first-order chi connectivity index (χ1) is 20.8. The van der Waals surface area contributed by atoms with Gasteiger partial charge in [-0.15, -0.1) is 0 Å². The van der Waals surface area contributed by atoms with Gasteiger partial charge in [0.05, 0.1) is 11.9 Å². The Kier molecular flexibility index (Phi) is 7.99. The molecule has 0 unspecified atom stereocenters. The number of aromatic nitrogens is 6. The van der Waals surface area contributed by atoms with Gasteiger partial charge in [-0.25, -0.2) is 14.4 Å². The lowest BCUT2D eigenvalue weighted by Gasteiger charge is -2.12. The van der Waals surface area contributed by atoms with Gasteiger partial charge in [-0.1, -0.05) is 0 Å². The lowest BCUT2D eigenvalue weighted by atomic mass is 10.0. The zero-order chi connectivity index (χ0) is 29.9. The molecule has 0 radical (unpaired) electrons. The number of H-pyrrole nitrogens is 2. The van der Waals surface area contributed by atoms with Crippen molar-refractivity contribution in [2.24, 2.45) is 0 Å². The number of hydrogen-bond acceptors (Lipinski definition) is 8. The van der Waals surface area contributed by atoms with Gasteiger partial charge in [0.25, 0.3) is 0 Å². The summed E-state index contributed by atoms with van der Waals surface area (Å²) in [6, 6.07) is 12.6. The SMILES string of the molecule is CN(C)CCOc1cncc(-c2cnc3[nH]nc(-c4cc5c(-c6cc(F)cc(OCCN(C)C)c6)ccnc5[nH]4)c3c2)c1. The van der Waals surface area contributed by atoms with E-state index < -0.39 is 0 Å². The van der Waals surface area contributed by atoms with Crippen molar-refractivity contribution in [2.45, 2.75) is 0 Å². The first-order valence-electron chi connectivity index (χ1n) is 14.0. The lowest BCUT2D eigenvalue weighted by Crippen LogP contribution is -2.19. The molecule has 0 aliphatic heterocycles. The molecule has 6 rings (SSSR count). The van der Waals surface area contributed by atoms with Gasteiger partial charge in [0.2, 0.25) is 0 Å². The summed E-state index contributed by atoms with van der Waals surface area (Å²) < 4.78 is 26.4. The van der Waals surface area contributed by atoms with Crippen LogP contribution in [0.15, 0.2) is 67.3 Å². The summed E-state index contributed by atoms with van der Waals surface area (Å²) in [5.74, 6) is 0.817. The standard InChI is InChI=1S/C32H33FN8O2/c1-40(2)7-9-42-24-12-20(11-23(33)15-24)26-5-6-35-31-27(26)16-29(37-31)30-28-14-22(18-36-32(28)39-38-30)21-13-25(19-34-17-21)43-10-8-41(3)4/h5-6,11-19H,7-10H2,1-4H3,(H,35,37)(H,36,38,39). The first kappa shape index (κ1) is 28.3. The van der Waals surface area contributed by atoms with Crippen LogP contribution in [0, 0.1) is 5.82 Å². The normalized spacial score (nSPS) is 11.7.